The largest absolute Gasteiger partial charge is 0.496 e. The third-order valence-electron chi connectivity index (χ3n) is 2.55. The van der Waals surface area contributed by atoms with Crippen LogP contribution in [0.5, 0.6) is 11.5 Å². The summed E-state index contributed by atoms with van der Waals surface area (Å²) in [6.45, 7) is 0. The van der Waals surface area contributed by atoms with E-state index >= 15 is 0 Å². The Balaban J connectivity index is 2.69. The molecule has 0 bridgehead atoms. The van der Waals surface area contributed by atoms with Crippen LogP contribution in [0.15, 0.2) is 36.7 Å². The van der Waals surface area contributed by atoms with Gasteiger partial charge in [-0.3, -0.25) is 4.98 Å². The Morgan fingerprint density at radius 2 is 1.71 bits per heavy atom. The number of anilines is 1. The van der Waals surface area contributed by atoms with Crippen LogP contribution in [-0.4, -0.2) is 19.2 Å². The molecule has 0 saturated carbocycles. The van der Waals surface area contributed by atoms with Crippen molar-refractivity contribution in [2.75, 3.05) is 20.0 Å². The fraction of sp³-hybridized carbons (Fsp3) is 0.154. The van der Waals surface area contributed by atoms with Crippen molar-refractivity contribution in [3.05, 3.63) is 36.7 Å². The van der Waals surface area contributed by atoms with Crippen LogP contribution < -0.4 is 15.2 Å². The molecule has 0 unspecified atom stereocenters. The van der Waals surface area contributed by atoms with Crippen molar-refractivity contribution >= 4 is 5.69 Å². The molecule has 88 valence electrons. The summed E-state index contributed by atoms with van der Waals surface area (Å²) in [5.41, 5.74) is 8.22. The van der Waals surface area contributed by atoms with Gasteiger partial charge in [-0.05, 0) is 18.2 Å². The van der Waals surface area contributed by atoms with E-state index in [9.17, 15) is 0 Å². The molecule has 0 fully saturated rings. The van der Waals surface area contributed by atoms with E-state index < -0.39 is 0 Å². The maximum atomic E-state index is 5.93. The third kappa shape index (κ3) is 2.01. The number of nitrogens with zero attached hydrogens (tertiary/aromatic N) is 1. The molecule has 2 aromatic rings. The zero-order chi connectivity index (χ0) is 12.3. The summed E-state index contributed by atoms with van der Waals surface area (Å²) in [7, 11) is 3.24. The van der Waals surface area contributed by atoms with Crippen LogP contribution in [0.2, 0.25) is 0 Å². The summed E-state index contributed by atoms with van der Waals surface area (Å²) >= 11 is 0. The average molecular weight is 230 g/mol. The Morgan fingerprint density at radius 3 is 2.24 bits per heavy atom. The summed E-state index contributed by atoms with van der Waals surface area (Å²) < 4.78 is 10.7. The maximum absolute atomic E-state index is 5.93. The highest BCUT2D eigenvalue weighted by Gasteiger charge is 2.14. The van der Waals surface area contributed by atoms with Crippen LogP contribution >= 0.6 is 0 Å². The zero-order valence-electron chi connectivity index (χ0n) is 9.81. The minimum atomic E-state index is 0.593. The highest BCUT2D eigenvalue weighted by atomic mass is 16.5. The molecule has 0 atom stereocenters. The Hall–Kier alpha value is -2.23. The predicted octanol–water partition coefficient (Wildman–Crippen LogP) is 2.35. The van der Waals surface area contributed by atoms with Gasteiger partial charge in [-0.15, -0.1) is 0 Å². The van der Waals surface area contributed by atoms with Crippen LogP contribution in [0.3, 0.4) is 0 Å². The number of ether oxygens (including phenoxy) is 2. The van der Waals surface area contributed by atoms with Crippen molar-refractivity contribution in [3.63, 3.8) is 0 Å². The number of hydrogen-bond acceptors (Lipinski definition) is 4. The molecule has 0 aliphatic heterocycles. The van der Waals surface area contributed by atoms with E-state index in [1.54, 1.807) is 26.6 Å². The number of aromatic nitrogens is 1. The van der Waals surface area contributed by atoms with Gasteiger partial charge < -0.3 is 15.2 Å². The van der Waals surface area contributed by atoms with Crippen LogP contribution in [0.4, 0.5) is 5.69 Å². The van der Waals surface area contributed by atoms with E-state index in [1.807, 2.05) is 24.3 Å². The molecular formula is C13H14N2O2. The zero-order valence-corrected chi connectivity index (χ0v) is 9.81. The van der Waals surface area contributed by atoms with Gasteiger partial charge in [0.2, 0.25) is 0 Å². The van der Waals surface area contributed by atoms with Crippen molar-refractivity contribution in [2.45, 2.75) is 0 Å². The fourth-order valence-electron chi connectivity index (χ4n) is 1.75. The van der Waals surface area contributed by atoms with Crippen LogP contribution in [0, 0.1) is 0 Å². The van der Waals surface area contributed by atoms with Gasteiger partial charge in [-0.1, -0.05) is 6.07 Å². The second-order valence-electron chi connectivity index (χ2n) is 3.50. The monoisotopic (exact) mass is 230 g/mol. The van der Waals surface area contributed by atoms with Crippen molar-refractivity contribution in [1.29, 1.82) is 0 Å². The van der Waals surface area contributed by atoms with Gasteiger partial charge in [0.1, 0.15) is 11.5 Å². The first-order valence-corrected chi connectivity index (χ1v) is 5.18. The number of nitrogen functional groups attached to an aromatic ring is 1. The summed E-state index contributed by atoms with van der Waals surface area (Å²) in [5.74, 6) is 1.45. The molecule has 1 aromatic carbocycles. The SMILES string of the molecule is COc1cccc(OC)c1-c1ccncc1N. The van der Waals surface area contributed by atoms with Crippen molar-refractivity contribution in [1.82, 2.24) is 4.98 Å². The number of hydrogen-bond donors (Lipinski definition) is 1. The van der Waals surface area contributed by atoms with Crippen molar-refractivity contribution < 1.29 is 9.47 Å². The maximum Gasteiger partial charge on any atom is 0.130 e. The molecule has 1 aromatic heterocycles. The lowest BCUT2D eigenvalue weighted by Crippen LogP contribution is -1.96. The van der Waals surface area contributed by atoms with Gasteiger partial charge in [0, 0.05) is 11.8 Å². The second kappa shape index (κ2) is 4.74. The van der Waals surface area contributed by atoms with Gasteiger partial charge >= 0.3 is 0 Å². The highest BCUT2D eigenvalue weighted by Crippen LogP contribution is 2.40. The van der Waals surface area contributed by atoms with Gasteiger partial charge in [0.15, 0.2) is 0 Å². The van der Waals surface area contributed by atoms with E-state index in [-0.39, 0.29) is 0 Å². The number of methoxy groups -OCH3 is 2. The fourth-order valence-corrected chi connectivity index (χ4v) is 1.75. The number of nitrogens with two attached hydrogens (primary N) is 1. The Bertz CT molecular complexity index is 504. The minimum Gasteiger partial charge on any atom is -0.496 e. The van der Waals surface area contributed by atoms with E-state index in [1.165, 1.54) is 0 Å². The smallest absolute Gasteiger partial charge is 0.130 e. The normalized spacial score (nSPS) is 10.0. The summed E-state index contributed by atoms with van der Waals surface area (Å²) in [6, 6.07) is 7.46. The van der Waals surface area contributed by atoms with E-state index in [2.05, 4.69) is 4.98 Å². The molecule has 1 heterocycles. The van der Waals surface area contributed by atoms with Gasteiger partial charge in [0.25, 0.3) is 0 Å². The molecular weight excluding hydrogens is 216 g/mol. The Kier molecular flexibility index (Phi) is 3.14. The first-order chi connectivity index (χ1) is 8.27. The van der Waals surface area contributed by atoms with Gasteiger partial charge in [-0.25, -0.2) is 0 Å². The molecule has 0 aliphatic carbocycles. The minimum absolute atomic E-state index is 0.593. The van der Waals surface area contributed by atoms with Gasteiger partial charge in [0.05, 0.1) is 31.7 Å². The van der Waals surface area contributed by atoms with Crippen molar-refractivity contribution in [2.24, 2.45) is 0 Å². The number of benzene rings is 1. The van der Waals surface area contributed by atoms with Crippen LogP contribution in [-0.2, 0) is 0 Å². The van der Waals surface area contributed by atoms with E-state index in [0.29, 0.717) is 5.69 Å². The van der Waals surface area contributed by atoms with Crippen LogP contribution in [0.25, 0.3) is 11.1 Å². The molecule has 2 N–H and O–H groups in total. The molecule has 0 spiro atoms. The number of pyridine rings is 1. The molecule has 2 rings (SSSR count). The lowest BCUT2D eigenvalue weighted by atomic mass is 10.0. The Labute approximate surface area is 100 Å². The first-order valence-electron chi connectivity index (χ1n) is 5.18. The van der Waals surface area contributed by atoms with E-state index in [0.717, 1.165) is 22.6 Å². The molecule has 0 saturated heterocycles. The summed E-state index contributed by atoms with van der Waals surface area (Å²) in [5, 5.41) is 0. The molecule has 0 amide bonds. The summed E-state index contributed by atoms with van der Waals surface area (Å²) in [6.07, 6.45) is 3.30. The Morgan fingerprint density at radius 1 is 1.06 bits per heavy atom. The van der Waals surface area contributed by atoms with Gasteiger partial charge in [-0.2, -0.15) is 0 Å². The third-order valence-corrected chi connectivity index (χ3v) is 2.55. The molecule has 17 heavy (non-hydrogen) atoms. The topological polar surface area (TPSA) is 57.4 Å². The standard InChI is InChI=1S/C13H14N2O2/c1-16-11-4-3-5-12(17-2)13(11)9-6-7-15-8-10(9)14/h3-8H,14H2,1-2H3. The molecule has 0 radical (unpaired) electrons. The molecule has 4 nitrogen and oxygen atoms in total. The summed E-state index contributed by atoms with van der Waals surface area (Å²) in [4.78, 5) is 3.97. The predicted molar refractivity (Wildman–Crippen MR) is 67.2 cm³/mol. The lowest BCUT2D eigenvalue weighted by Gasteiger charge is -2.14. The quantitative estimate of drug-likeness (QED) is 0.879. The van der Waals surface area contributed by atoms with Crippen LogP contribution in [0.1, 0.15) is 0 Å². The van der Waals surface area contributed by atoms with Crippen molar-refractivity contribution in [3.8, 4) is 22.6 Å². The highest BCUT2D eigenvalue weighted by molar-refractivity contribution is 5.84. The number of rotatable bonds is 3. The molecule has 4 heteroatoms. The molecule has 0 aliphatic rings. The average Bonchev–Trinajstić information content (AvgIpc) is 2.38. The second-order valence-corrected chi connectivity index (χ2v) is 3.50. The first kappa shape index (κ1) is 11.3. The van der Waals surface area contributed by atoms with E-state index in [4.69, 9.17) is 15.2 Å². The lowest BCUT2D eigenvalue weighted by molar-refractivity contribution is 0.397.